The minimum atomic E-state index is -4.02. The summed E-state index contributed by atoms with van der Waals surface area (Å²) in [6.45, 7) is 3.57. The smallest absolute Gasteiger partial charge is 0.294 e. The lowest BCUT2D eigenvalue weighted by molar-refractivity contribution is 0.158. The molecule has 0 saturated carbocycles. The maximum absolute atomic E-state index is 10.5. The molecule has 2 rings (SSSR count). The largest absolute Gasteiger partial charge is 0.377 e. The summed E-state index contributed by atoms with van der Waals surface area (Å²) in [6, 6.07) is 5.99. The summed E-state index contributed by atoms with van der Waals surface area (Å²) >= 11 is 0. The van der Waals surface area contributed by atoms with Gasteiger partial charge in [0.2, 0.25) is 0 Å². The van der Waals surface area contributed by atoms with Crippen LogP contribution in [0.5, 0.6) is 0 Å². The zero-order chi connectivity index (χ0) is 12.7. The Labute approximate surface area is 102 Å². The Bertz CT molecular complexity index is 452. The summed E-state index contributed by atoms with van der Waals surface area (Å²) in [5, 5.41) is 0. The van der Waals surface area contributed by atoms with Crippen LogP contribution in [0.25, 0.3) is 0 Å². The number of ether oxygens (including phenoxy) is 1. The van der Waals surface area contributed by atoms with Crippen LogP contribution in [0, 0.1) is 6.92 Å². The number of hydrogen-bond donors (Lipinski definition) is 1. The Morgan fingerprint density at radius 1 is 1.18 bits per heavy atom. The third-order valence-electron chi connectivity index (χ3n) is 2.13. The van der Waals surface area contributed by atoms with Crippen LogP contribution in [0.1, 0.15) is 12.0 Å². The fourth-order valence-electron chi connectivity index (χ4n) is 1.20. The molecule has 1 aliphatic heterocycles. The van der Waals surface area contributed by atoms with Gasteiger partial charge in [0.15, 0.2) is 0 Å². The van der Waals surface area contributed by atoms with Crippen LogP contribution in [0.15, 0.2) is 41.3 Å². The van der Waals surface area contributed by atoms with Gasteiger partial charge in [-0.2, -0.15) is 8.42 Å². The second kappa shape index (κ2) is 6.54. The number of benzene rings is 1. The van der Waals surface area contributed by atoms with Crippen LogP contribution in [0.2, 0.25) is 0 Å². The molecule has 0 aromatic heterocycles. The quantitative estimate of drug-likeness (QED) is 0.618. The third-order valence-corrected chi connectivity index (χ3v) is 3.00. The van der Waals surface area contributed by atoms with E-state index in [1.165, 1.54) is 12.1 Å². The van der Waals surface area contributed by atoms with Crippen molar-refractivity contribution in [1.82, 2.24) is 0 Å². The van der Waals surface area contributed by atoms with Gasteiger partial charge < -0.3 is 4.74 Å². The van der Waals surface area contributed by atoms with Crippen molar-refractivity contribution in [3.05, 3.63) is 42.0 Å². The summed E-state index contributed by atoms with van der Waals surface area (Å²) in [5.74, 6) is 0. The van der Waals surface area contributed by atoms with E-state index in [4.69, 9.17) is 9.29 Å². The van der Waals surface area contributed by atoms with Crippen molar-refractivity contribution in [2.75, 3.05) is 13.2 Å². The average Bonchev–Trinajstić information content (AvgIpc) is 2.31. The summed E-state index contributed by atoms with van der Waals surface area (Å²) in [6.07, 6.45) is 5.28. The van der Waals surface area contributed by atoms with E-state index in [2.05, 4.69) is 6.08 Å². The molecule has 0 spiro atoms. The predicted octanol–water partition coefficient (Wildman–Crippen LogP) is 2.20. The zero-order valence-corrected chi connectivity index (χ0v) is 10.5. The van der Waals surface area contributed by atoms with Crippen LogP contribution >= 0.6 is 0 Å². The van der Waals surface area contributed by atoms with Crippen LogP contribution in [0.3, 0.4) is 0 Å². The number of aryl methyl sites for hydroxylation is 1. The first-order valence-electron chi connectivity index (χ1n) is 5.27. The highest BCUT2D eigenvalue weighted by Gasteiger charge is 2.06. The topological polar surface area (TPSA) is 63.6 Å². The second-order valence-electron chi connectivity index (χ2n) is 3.62. The van der Waals surface area contributed by atoms with Crippen molar-refractivity contribution in [2.45, 2.75) is 18.2 Å². The predicted molar refractivity (Wildman–Crippen MR) is 65.6 cm³/mol. The van der Waals surface area contributed by atoms with Gasteiger partial charge in [0, 0.05) is 0 Å². The fraction of sp³-hybridized carbons (Fsp3) is 0.333. The van der Waals surface area contributed by atoms with E-state index in [1.54, 1.807) is 12.1 Å². The highest BCUT2D eigenvalue weighted by Crippen LogP contribution is 2.08. The fourth-order valence-corrected chi connectivity index (χ4v) is 1.68. The van der Waals surface area contributed by atoms with Gasteiger partial charge in [-0.25, -0.2) is 0 Å². The molecule has 0 atom stereocenters. The van der Waals surface area contributed by atoms with Crippen molar-refractivity contribution in [3.8, 4) is 0 Å². The maximum atomic E-state index is 10.5. The van der Waals surface area contributed by atoms with Crippen LogP contribution in [-0.4, -0.2) is 26.2 Å². The Hall–Kier alpha value is -1.17. The normalized spacial score (nSPS) is 14.9. The van der Waals surface area contributed by atoms with Crippen LogP contribution < -0.4 is 0 Å². The van der Waals surface area contributed by atoms with Crippen molar-refractivity contribution >= 4 is 10.1 Å². The van der Waals surface area contributed by atoms with Gasteiger partial charge in [-0.1, -0.05) is 29.8 Å². The van der Waals surface area contributed by atoms with Crippen molar-refractivity contribution in [2.24, 2.45) is 0 Å². The third kappa shape index (κ3) is 5.63. The SMILES string of the molecule is C1=CCOCC1.Cc1ccc(S(=O)(=O)O)cc1. The molecule has 17 heavy (non-hydrogen) atoms. The molecular formula is C12H16O4S. The van der Waals surface area contributed by atoms with Crippen LogP contribution in [0.4, 0.5) is 0 Å². The standard InChI is InChI=1S/C7H8O3S.C5H8O/c1-6-2-4-7(5-3-6)11(8,9)10;1-2-4-6-5-3-1/h2-5H,1H3,(H,8,9,10);1-2H,3-5H2. The van der Waals surface area contributed by atoms with E-state index < -0.39 is 10.1 Å². The van der Waals surface area contributed by atoms with Gasteiger partial charge in [-0.15, -0.1) is 0 Å². The van der Waals surface area contributed by atoms with Gasteiger partial charge in [0.05, 0.1) is 18.1 Å². The molecule has 0 amide bonds. The molecule has 1 aliphatic rings. The zero-order valence-electron chi connectivity index (χ0n) is 9.67. The molecule has 0 fully saturated rings. The molecule has 4 nitrogen and oxygen atoms in total. The Balaban J connectivity index is 0.000000202. The minimum Gasteiger partial charge on any atom is -0.377 e. The van der Waals surface area contributed by atoms with Crippen molar-refractivity contribution in [1.29, 1.82) is 0 Å². The Kier molecular flexibility index (Phi) is 5.34. The van der Waals surface area contributed by atoms with E-state index in [1.807, 2.05) is 13.0 Å². The Morgan fingerprint density at radius 3 is 2.12 bits per heavy atom. The minimum absolute atomic E-state index is 0.0666. The molecule has 5 heteroatoms. The first-order valence-corrected chi connectivity index (χ1v) is 6.71. The van der Waals surface area contributed by atoms with E-state index in [0.29, 0.717) is 0 Å². The number of hydrogen-bond acceptors (Lipinski definition) is 3. The molecule has 94 valence electrons. The molecular weight excluding hydrogens is 240 g/mol. The van der Waals surface area contributed by atoms with E-state index in [-0.39, 0.29) is 4.90 Å². The van der Waals surface area contributed by atoms with Crippen molar-refractivity contribution in [3.63, 3.8) is 0 Å². The molecule has 0 aliphatic carbocycles. The monoisotopic (exact) mass is 256 g/mol. The average molecular weight is 256 g/mol. The first kappa shape index (κ1) is 13.9. The molecule has 1 heterocycles. The van der Waals surface area contributed by atoms with Gasteiger partial charge in [0.1, 0.15) is 0 Å². The molecule has 0 radical (unpaired) electrons. The number of rotatable bonds is 1. The van der Waals surface area contributed by atoms with E-state index in [0.717, 1.165) is 25.2 Å². The van der Waals surface area contributed by atoms with Gasteiger partial charge in [-0.05, 0) is 25.5 Å². The van der Waals surface area contributed by atoms with Gasteiger partial charge in [-0.3, -0.25) is 4.55 Å². The molecule has 0 bridgehead atoms. The summed E-state index contributed by atoms with van der Waals surface area (Å²) in [4.78, 5) is -0.0666. The van der Waals surface area contributed by atoms with E-state index in [9.17, 15) is 8.42 Å². The summed E-state index contributed by atoms with van der Waals surface area (Å²) in [7, 11) is -4.02. The maximum Gasteiger partial charge on any atom is 0.294 e. The highest BCUT2D eigenvalue weighted by molar-refractivity contribution is 7.85. The lowest BCUT2D eigenvalue weighted by Crippen LogP contribution is -1.96. The molecule has 1 N–H and O–H groups in total. The second-order valence-corrected chi connectivity index (χ2v) is 5.04. The summed E-state index contributed by atoms with van der Waals surface area (Å²) < 4.78 is 34.5. The van der Waals surface area contributed by atoms with Gasteiger partial charge in [0.25, 0.3) is 10.1 Å². The molecule has 0 unspecified atom stereocenters. The lowest BCUT2D eigenvalue weighted by Gasteiger charge is -2.00. The van der Waals surface area contributed by atoms with Crippen molar-refractivity contribution < 1.29 is 17.7 Å². The van der Waals surface area contributed by atoms with Crippen LogP contribution in [-0.2, 0) is 14.9 Å². The lowest BCUT2D eigenvalue weighted by atomic mass is 10.2. The molecule has 1 aromatic carbocycles. The highest BCUT2D eigenvalue weighted by atomic mass is 32.2. The Morgan fingerprint density at radius 2 is 1.82 bits per heavy atom. The van der Waals surface area contributed by atoms with E-state index >= 15 is 0 Å². The molecule has 0 saturated heterocycles. The first-order chi connectivity index (χ1) is 8.00. The van der Waals surface area contributed by atoms with Gasteiger partial charge >= 0.3 is 0 Å². The molecule has 1 aromatic rings. The summed E-state index contributed by atoms with van der Waals surface area (Å²) in [5.41, 5.74) is 0.956.